The molecular formula is C11H18N2OS. The lowest BCUT2D eigenvalue weighted by molar-refractivity contribution is 0.250. The van der Waals surface area contributed by atoms with Gasteiger partial charge in [0.25, 0.3) is 0 Å². The van der Waals surface area contributed by atoms with Gasteiger partial charge < -0.3 is 10.8 Å². The lowest BCUT2D eigenvalue weighted by Gasteiger charge is -2.12. The smallest absolute Gasteiger partial charge is 0.101 e. The maximum atomic E-state index is 8.93. The predicted molar refractivity (Wildman–Crippen MR) is 63.8 cm³/mol. The van der Waals surface area contributed by atoms with E-state index >= 15 is 0 Å². The van der Waals surface area contributed by atoms with Crippen molar-refractivity contribution in [3.8, 4) is 0 Å². The molecule has 4 heteroatoms. The van der Waals surface area contributed by atoms with Gasteiger partial charge in [-0.15, -0.1) is 11.8 Å². The Balaban J connectivity index is 2.67. The molecule has 15 heavy (non-hydrogen) atoms. The number of aliphatic hydroxyl groups excluding tert-OH is 1. The zero-order valence-corrected chi connectivity index (χ0v) is 10.00. The van der Waals surface area contributed by atoms with E-state index in [2.05, 4.69) is 4.98 Å². The standard InChI is InChI=1S/C11H18N2OS/c1-8(6-14)7-15-11-10(9(2)12)4-3-5-13-11/h3-5,8-9,14H,6-7,12H2,1-2H3/t8?,9-/m0/s1. The summed E-state index contributed by atoms with van der Waals surface area (Å²) in [5, 5.41) is 9.91. The molecule has 2 atom stereocenters. The van der Waals surface area contributed by atoms with Crippen LogP contribution in [0.25, 0.3) is 0 Å². The summed E-state index contributed by atoms with van der Waals surface area (Å²) in [5.74, 6) is 1.16. The molecule has 0 aliphatic carbocycles. The first kappa shape index (κ1) is 12.5. The Kier molecular flexibility index (Phi) is 5.08. The summed E-state index contributed by atoms with van der Waals surface area (Å²) < 4.78 is 0. The highest BCUT2D eigenvalue weighted by atomic mass is 32.2. The van der Waals surface area contributed by atoms with E-state index in [0.29, 0.717) is 0 Å². The number of rotatable bonds is 5. The molecule has 0 aliphatic rings. The summed E-state index contributed by atoms with van der Waals surface area (Å²) in [6.45, 7) is 4.19. The van der Waals surface area contributed by atoms with Crippen LogP contribution < -0.4 is 5.73 Å². The first-order valence-electron chi connectivity index (χ1n) is 5.09. The minimum absolute atomic E-state index is 0.00522. The van der Waals surface area contributed by atoms with Crippen molar-refractivity contribution in [3.63, 3.8) is 0 Å². The van der Waals surface area contributed by atoms with Gasteiger partial charge in [-0.3, -0.25) is 0 Å². The molecule has 0 saturated carbocycles. The van der Waals surface area contributed by atoms with Crippen molar-refractivity contribution in [1.82, 2.24) is 4.98 Å². The lowest BCUT2D eigenvalue weighted by Crippen LogP contribution is -2.09. The van der Waals surface area contributed by atoms with Crippen LogP contribution >= 0.6 is 11.8 Å². The van der Waals surface area contributed by atoms with Crippen LogP contribution in [0, 0.1) is 5.92 Å². The fourth-order valence-corrected chi connectivity index (χ4v) is 2.25. The second kappa shape index (κ2) is 6.10. The molecule has 0 fully saturated rings. The predicted octanol–water partition coefficient (Wildman–Crippen LogP) is 1.82. The van der Waals surface area contributed by atoms with Gasteiger partial charge in [0.2, 0.25) is 0 Å². The van der Waals surface area contributed by atoms with E-state index in [0.717, 1.165) is 16.3 Å². The van der Waals surface area contributed by atoms with Crippen molar-refractivity contribution < 1.29 is 5.11 Å². The molecule has 1 unspecified atom stereocenters. The van der Waals surface area contributed by atoms with Gasteiger partial charge in [-0.2, -0.15) is 0 Å². The van der Waals surface area contributed by atoms with Crippen LogP contribution in [0.4, 0.5) is 0 Å². The molecule has 1 aromatic rings. The molecule has 0 bridgehead atoms. The minimum atomic E-state index is 0.00522. The third-order valence-corrected chi connectivity index (χ3v) is 3.46. The largest absolute Gasteiger partial charge is 0.396 e. The first-order chi connectivity index (χ1) is 7.15. The zero-order valence-electron chi connectivity index (χ0n) is 9.18. The fourth-order valence-electron chi connectivity index (χ4n) is 1.14. The Labute approximate surface area is 95.1 Å². The Morgan fingerprint density at radius 3 is 2.87 bits per heavy atom. The van der Waals surface area contributed by atoms with E-state index in [9.17, 15) is 0 Å². The van der Waals surface area contributed by atoms with E-state index in [1.165, 1.54) is 0 Å². The van der Waals surface area contributed by atoms with Crippen molar-refractivity contribution in [2.24, 2.45) is 11.7 Å². The Hall–Kier alpha value is -0.580. The summed E-state index contributed by atoms with van der Waals surface area (Å²) in [4.78, 5) is 4.31. The molecule has 1 aromatic heterocycles. The number of hydrogen-bond acceptors (Lipinski definition) is 4. The van der Waals surface area contributed by atoms with Gasteiger partial charge in [0, 0.05) is 30.2 Å². The maximum Gasteiger partial charge on any atom is 0.101 e. The molecule has 0 aliphatic heterocycles. The molecule has 0 saturated heterocycles. The highest BCUT2D eigenvalue weighted by molar-refractivity contribution is 7.99. The first-order valence-corrected chi connectivity index (χ1v) is 6.07. The van der Waals surface area contributed by atoms with E-state index < -0.39 is 0 Å². The molecule has 1 heterocycles. The quantitative estimate of drug-likeness (QED) is 0.752. The van der Waals surface area contributed by atoms with Crippen molar-refractivity contribution in [2.75, 3.05) is 12.4 Å². The SMILES string of the molecule is CC(CO)CSc1ncccc1[C@H](C)N. The van der Waals surface area contributed by atoms with Crippen LogP contribution in [-0.4, -0.2) is 22.5 Å². The second-order valence-corrected chi connectivity index (χ2v) is 4.79. The van der Waals surface area contributed by atoms with E-state index in [1.54, 1.807) is 18.0 Å². The van der Waals surface area contributed by atoms with Crippen molar-refractivity contribution in [3.05, 3.63) is 23.9 Å². The third kappa shape index (κ3) is 3.81. The van der Waals surface area contributed by atoms with Crippen molar-refractivity contribution in [2.45, 2.75) is 24.9 Å². The van der Waals surface area contributed by atoms with Crippen LogP contribution in [0.15, 0.2) is 23.4 Å². The number of aliphatic hydroxyl groups is 1. The van der Waals surface area contributed by atoms with Gasteiger partial charge in [-0.1, -0.05) is 13.0 Å². The van der Waals surface area contributed by atoms with Gasteiger partial charge in [0.15, 0.2) is 0 Å². The molecule has 0 spiro atoms. The number of thioether (sulfide) groups is 1. The van der Waals surface area contributed by atoms with Gasteiger partial charge in [0.1, 0.15) is 5.03 Å². The van der Waals surface area contributed by atoms with Gasteiger partial charge >= 0.3 is 0 Å². The molecule has 0 radical (unpaired) electrons. The Bertz CT molecular complexity index is 304. The number of aromatic nitrogens is 1. The van der Waals surface area contributed by atoms with Crippen molar-refractivity contribution in [1.29, 1.82) is 0 Å². The normalized spacial score (nSPS) is 14.9. The summed E-state index contributed by atoms with van der Waals surface area (Å²) in [5.41, 5.74) is 6.93. The van der Waals surface area contributed by atoms with E-state index in [-0.39, 0.29) is 18.6 Å². The number of nitrogens with zero attached hydrogens (tertiary/aromatic N) is 1. The number of nitrogens with two attached hydrogens (primary N) is 1. The number of pyridine rings is 1. The molecule has 0 amide bonds. The van der Waals surface area contributed by atoms with Crippen LogP contribution in [0.2, 0.25) is 0 Å². The zero-order chi connectivity index (χ0) is 11.3. The van der Waals surface area contributed by atoms with Gasteiger partial charge in [-0.05, 0) is 18.9 Å². The van der Waals surface area contributed by atoms with Crippen molar-refractivity contribution >= 4 is 11.8 Å². The fraction of sp³-hybridized carbons (Fsp3) is 0.545. The van der Waals surface area contributed by atoms with Gasteiger partial charge in [-0.25, -0.2) is 4.98 Å². The monoisotopic (exact) mass is 226 g/mol. The molecular weight excluding hydrogens is 208 g/mol. The van der Waals surface area contributed by atoms with E-state index in [4.69, 9.17) is 10.8 Å². The third-order valence-electron chi connectivity index (χ3n) is 2.11. The maximum absolute atomic E-state index is 8.93. The lowest BCUT2D eigenvalue weighted by atomic mass is 10.2. The van der Waals surface area contributed by atoms with Crippen LogP contribution in [0.5, 0.6) is 0 Å². The van der Waals surface area contributed by atoms with Crippen LogP contribution in [0.3, 0.4) is 0 Å². The second-order valence-electron chi connectivity index (χ2n) is 3.79. The summed E-state index contributed by atoms with van der Waals surface area (Å²) in [7, 11) is 0. The Morgan fingerprint density at radius 2 is 2.27 bits per heavy atom. The molecule has 84 valence electrons. The average Bonchev–Trinajstić information content (AvgIpc) is 2.26. The summed E-state index contributed by atoms with van der Waals surface area (Å²) in [6, 6.07) is 3.91. The molecule has 0 aromatic carbocycles. The highest BCUT2D eigenvalue weighted by Gasteiger charge is 2.09. The average molecular weight is 226 g/mol. The van der Waals surface area contributed by atoms with Gasteiger partial charge in [0.05, 0.1) is 0 Å². The Morgan fingerprint density at radius 1 is 1.53 bits per heavy atom. The topological polar surface area (TPSA) is 59.1 Å². The summed E-state index contributed by atoms with van der Waals surface area (Å²) >= 11 is 1.66. The highest BCUT2D eigenvalue weighted by Crippen LogP contribution is 2.25. The van der Waals surface area contributed by atoms with E-state index in [1.807, 2.05) is 26.0 Å². The minimum Gasteiger partial charge on any atom is -0.396 e. The molecule has 3 N–H and O–H groups in total. The summed E-state index contributed by atoms with van der Waals surface area (Å²) in [6.07, 6.45) is 1.78. The molecule has 3 nitrogen and oxygen atoms in total. The van der Waals surface area contributed by atoms with Crippen LogP contribution in [-0.2, 0) is 0 Å². The molecule has 1 rings (SSSR count). The number of hydrogen-bond donors (Lipinski definition) is 2. The van der Waals surface area contributed by atoms with Crippen LogP contribution in [0.1, 0.15) is 25.5 Å².